The number of nitrogens with zero attached hydrogens (tertiary/aromatic N) is 3. The molecule has 6 nitrogen and oxygen atoms in total. The van der Waals surface area contributed by atoms with Gasteiger partial charge in [-0.25, -0.2) is 9.59 Å². The zero-order chi connectivity index (χ0) is 14.6. The summed E-state index contributed by atoms with van der Waals surface area (Å²) in [6.45, 7) is 3.94. The van der Waals surface area contributed by atoms with E-state index in [1.165, 1.54) is 4.90 Å². The smallest absolute Gasteiger partial charge is 0.326 e. The van der Waals surface area contributed by atoms with Gasteiger partial charge in [0.15, 0.2) is 0 Å². The van der Waals surface area contributed by atoms with Gasteiger partial charge in [-0.05, 0) is 32.9 Å². The summed E-state index contributed by atoms with van der Waals surface area (Å²) < 4.78 is 0. The highest BCUT2D eigenvalue weighted by Gasteiger charge is 2.35. The van der Waals surface area contributed by atoms with Crippen LogP contribution in [0.5, 0.6) is 0 Å². The van der Waals surface area contributed by atoms with Crippen molar-refractivity contribution in [2.75, 3.05) is 40.8 Å². The van der Waals surface area contributed by atoms with Gasteiger partial charge in [0.1, 0.15) is 6.04 Å². The van der Waals surface area contributed by atoms with Gasteiger partial charge in [0.25, 0.3) is 0 Å². The summed E-state index contributed by atoms with van der Waals surface area (Å²) in [5, 5.41) is 9.25. The second kappa shape index (κ2) is 6.75. The lowest BCUT2D eigenvalue weighted by atomic mass is 9.93. The number of carboxylic acids is 1. The summed E-state index contributed by atoms with van der Waals surface area (Å²) in [6.07, 6.45) is 1.42. The molecule has 2 atom stereocenters. The third-order valence-corrected chi connectivity index (χ3v) is 3.60. The molecule has 1 N–H and O–H groups in total. The highest BCUT2D eigenvalue weighted by molar-refractivity contribution is 5.82. The van der Waals surface area contributed by atoms with Crippen LogP contribution in [0, 0.1) is 5.92 Å². The van der Waals surface area contributed by atoms with E-state index >= 15 is 0 Å². The maximum atomic E-state index is 12.3. The number of amides is 2. The summed E-state index contributed by atoms with van der Waals surface area (Å²) in [4.78, 5) is 28.7. The van der Waals surface area contributed by atoms with Crippen LogP contribution < -0.4 is 0 Å². The Morgan fingerprint density at radius 1 is 1.26 bits per heavy atom. The molecule has 110 valence electrons. The molecule has 1 aliphatic heterocycles. The number of carbonyl (C=O) groups is 2. The average molecular weight is 271 g/mol. The summed E-state index contributed by atoms with van der Waals surface area (Å²) in [5.74, 6) is -0.543. The largest absolute Gasteiger partial charge is 0.480 e. The molecule has 6 heteroatoms. The van der Waals surface area contributed by atoms with E-state index in [1.807, 2.05) is 25.9 Å². The molecule has 0 saturated carbocycles. The van der Waals surface area contributed by atoms with Crippen LogP contribution in [0.1, 0.15) is 19.8 Å². The standard InChI is InChI=1S/C13H25N3O3/c1-10-5-6-16(11(9-10)12(17)18)13(19)15(4)8-7-14(2)3/h10-11H,5-9H2,1-4H3,(H,17,18). The van der Waals surface area contributed by atoms with Gasteiger partial charge in [-0.1, -0.05) is 6.92 Å². The van der Waals surface area contributed by atoms with Crippen molar-refractivity contribution in [3.63, 3.8) is 0 Å². The van der Waals surface area contributed by atoms with Crippen LogP contribution in [-0.2, 0) is 4.79 Å². The molecule has 1 rings (SSSR count). The van der Waals surface area contributed by atoms with Crippen molar-refractivity contribution in [2.24, 2.45) is 5.92 Å². The Labute approximate surface area is 115 Å². The van der Waals surface area contributed by atoms with Crippen molar-refractivity contribution in [3.05, 3.63) is 0 Å². The fourth-order valence-corrected chi connectivity index (χ4v) is 2.27. The Hall–Kier alpha value is -1.30. The van der Waals surface area contributed by atoms with Gasteiger partial charge in [0.2, 0.25) is 0 Å². The molecule has 1 heterocycles. The van der Waals surface area contributed by atoms with Gasteiger partial charge < -0.3 is 19.8 Å². The van der Waals surface area contributed by atoms with Crippen LogP contribution in [0.2, 0.25) is 0 Å². The molecule has 19 heavy (non-hydrogen) atoms. The molecule has 1 aliphatic rings. The molecule has 1 fully saturated rings. The van der Waals surface area contributed by atoms with Crippen molar-refractivity contribution in [1.82, 2.24) is 14.7 Å². The fourth-order valence-electron chi connectivity index (χ4n) is 2.27. The lowest BCUT2D eigenvalue weighted by Gasteiger charge is -2.38. The maximum Gasteiger partial charge on any atom is 0.326 e. The zero-order valence-corrected chi connectivity index (χ0v) is 12.3. The molecule has 0 aromatic rings. The number of urea groups is 1. The number of likely N-dealkylation sites (N-methyl/N-ethyl adjacent to an activating group) is 2. The lowest BCUT2D eigenvalue weighted by Crippen LogP contribution is -2.54. The third kappa shape index (κ3) is 4.38. The highest BCUT2D eigenvalue weighted by Crippen LogP contribution is 2.23. The maximum absolute atomic E-state index is 12.3. The predicted molar refractivity (Wildman–Crippen MR) is 73.1 cm³/mol. The van der Waals surface area contributed by atoms with Crippen LogP contribution in [0.15, 0.2) is 0 Å². The molecule has 0 aromatic carbocycles. The van der Waals surface area contributed by atoms with Crippen molar-refractivity contribution >= 4 is 12.0 Å². The van der Waals surface area contributed by atoms with Crippen LogP contribution in [0.4, 0.5) is 4.79 Å². The minimum Gasteiger partial charge on any atom is -0.480 e. The minimum atomic E-state index is -0.902. The molecule has 1 saturated heterocycles. The van der Waals surface area contributed by atoms with Crippen molar-refractivity contribution in [2.45, 2.75) is 25.8 Å². The van der Waals surface area contributed by atoms with Crippen LogP contribution in [-0.4, -0.2) is 78.6 Å². The third-order valence-electron chi connectivity index (χ3n) is 3.60. The van der Waals surface area contributed by atoms with E-state index in [0.717, 1.165) is 13.0 Å². The molecular formula is C13H25N3O3. The summed E-state index contributed by atoms with van der Waals surface area (Å²) in [7, 11) is 5.62. The van der Waals surface area contributed by atoms with Gasteiger partial charge in [0, 0.05) is 26.7 Å². The monoisotopic (exact) mass is 271 g/mol. The van der Waals surface area contributed by atoms with E-state index in [-0.39, 0.29) is 6.03 Å². The molecule has 0 aliphatic carbocycles. The molecular weight excluding hydrogens is 246 g/mol. The quantitative estimate of drug-likeness (QED) is 0.821. The van der Waals surface area contributed by atoms with Crippen LogP contribution >= 0.6 is 0 Å². The Morgan fingerprint density at radius 2 is 1.89 bits per heavy atom. The second-order valence-electron chi connectivity index (χ2n) is 5.68. The molecule has 0 aromatic heterocycles. The Bertz CT molecular complexity index is 333. The molecule has 2 unspecified atom stereocenters. The first-order valence-corrected chi connectivity index (χ1v) is 6.72. The summed E-state index contributed by atoms with van der Waals surface area (Å²) >= 11 is 0. The number of hydrogen-bond donors (Lipinski definition) is 1. The van der Waals surface area contributed by atoms with Gasteiger partial charge in [-0.15, -0.1) is 0 Å². The van der Waals surface area contributed by atoms with E-state index < -0.39 is 12.0 Å². The van der Waals surface area contributed by atoms with Crippen LogP contribution in [0.25, 0.3) is 0 Å². The zero-order valence-electron chi connectivity index (χ0n) is 12.3. The molecule has 0 radical (unpaired) electrons. The predicted octanol–water partition coefficient (Wildman–Crippen LogP) is 0.785. The van der Waals surface area contributed by atoms with Gasteiger partial charge in [0.05, 0.1) is 0 Å². The number of hydrogen-bond acceptors (Lipinski definition) is 3. The van der Waals surface area contributed by atoms with E-state index in [9.17, 15) is 14.7 Å². The Balaban J connectivity index is 2.65. The number of rotatable bonds is 4. The average Bonchev–Trinajstić information content (AvgIpc) is 2.34. The topological polar surface area (TPSA) is 64.1 Å². The van der Waals surface area contributed by atoms with Crippen molar-refractivity contribution in [3.8, 4) is 0 Å². The lowest BCUT2D eigenvalue weighted by molar-refractivity contribution is -0.144. The number of aliphatic carboxylic acids is 1. The number of carbonyl (C=O) groups excluding carboxylic acids is 1. The normalized spacial score (nSPS) is 23.5. The SMILES string of the molecule is CC1CCN(C(=O)N(C)CCN(C)C)C(C(=O)O)C1. The van der Waals surface area contributed by atoms with Gasteiger partial charge in [-0.3, -0.25) is 0 Å². The summed E-state index contributed by atoms with van der Waals surface area (Å²) in [6, 6.07) is -0.862. The number of piperidine rings is 1. The molecule has 0 bridgehead atoms. The molecule has 2 amide bonds. The number of likely N-dealkylation sites (tertiary alicyclic amines) is 1. The minimum absolute atomic E-state index is 0.179. The van der Waals surface area contributed by atoms with E-state index in [4.69, 9.17) is 0 Å². The van der Waals surface area contributed by atoms with E-state index in [0.29, 0.717) is 25.4 Å². The highest BCUT2D eigenvalue weighted by atomic mass is 16.4. The summed E-state index contributed by atoms with van der Waals surface area (Å²) in [5.41, 5.74) is 0. The van der Waals surface area contributed by atoms with E-state index in [2.05, 4.69) is 0 Å². The van der Waals surface area contributed by atoms with Crippen molar-refractivity contribution in [1.29, 1.82) is 0 Å². The Morgan fingerprint density at radius 3 is 2.42 bits per heavy atom. The van der Waals surface area contributed by atoms with Crippen LogP contribution in [0.3, 0.4) is 0 Å². The first-order chi connectivity index (χ1) is 8.82. The van der Waals surface area contributed by atoms with Crippen molar-refractivity contribution < 1.29 is 14.7 Å². The van der Waals surface area contributed by atoms with E-state index in [1.54, 1.807) is 11.9 Å². The first-order valence-electron chi connectivity index (χ1n) is 6.72. The van der Waals surface area contributed by atoms with Gasteiger partial charge >= 0.3 is 12.0 Å². The number of carboxylic acid groups (broad SMARTS) is 1. The fraction of sp³-hybridized carbons (Fsp3) is 0.846. The Kier molecular flexibility index (Phi) is 5.60. The first kappa shape index (κ1) is 15.8. The van der Waals surface area contributed by atoms with Gasteiger partial charge in [-0.2, -0.15) is 0 Å². The molecule has 0 spiro atoms. The second-order valence-corrected chi connectivity index (χ2v) is 5.68.